The van der Waals surface area contributed by atoms with Crippen LogP contribution < -0.4 is 11.2 Å². The zero-order valence-electron chi connectivity index (χ0n) is 15.0. The van der Waals surface area contributed by atoms with Crippen molar-refractivity contribution in [2.24, 2.45) is 0 Å². The van der Waals surface area contributed by atoms with Crippen molar-refractivity contribution in [1.82, 2.24) is 9.13 Å². The third kappa shape index (κ3) is 2.42. The van der Waals surface area contributed by atoms with Gasteiger partial charge in [0.05, 0.1) is 16.4 Å². The summed E-state index contributed by atoms with van der Waals surface area (Å²) in [4.78, 5) is 26.5. The van der Waals surface area contributed by atoms with Crippen LogP contribution in [-0.4, -0.2) is 9.13 Å². The Morgan fingerprint density at radius 1 is 1.08 bits per heavy atom. The number of benzene rings is 2. The van der Waals surface area contributed by atoms with E-state index in [0.717, 1.165) is 17.5 Å². The lowest BCUT2D eigenvalue weighted by Gasteiger charge is -2.21. The fraction of sp³-hybridized carbons (Fsp3) is 0.333. The number of aryl methyl sites for hydroxylation is 2. The van der Waals surface area contributed by atoms with E-state index < -0.39 is 5.54 Å². The molecule has 0 unspecified atom stereocenters. The van der Waals surface area contributed by atoms with Gasteiger partial charge in [-0.2, -0.15) is 0 Å². The van der Waals surface area contributed by atoms with Crippen molar-refractivity contribution >= 4 is 10.9 Å². The molecule has 2 aromatic carbocycles. The molecule has 0 N–H and O–H groups in total. The number of hydrogen-bond acceptors (Lipinski definition) is 2. The minimum Gasteiger partial charge on any atom is -0.293 e. The Balaban J connectivity index is 2.05. The molecule has 0 amide bonds. The number of fused-ring (bicyclic) bond motifs is 1. The summed E-state index contributed by atoms with van der Waals surface area (Å²) in [5, 5.41) is 0.562. The fourth-order valence-electron chi connectivity index (χ4n) is 3.82. The van der Waals surface area contributed by atoms with Gasteiger partial charge < -0.3 is 0 Å². The van der Waals surface area contributed by atoms with Crippen molar-refractivity contribution in [3.8, 4) is 0 Å². The van der Waals surface area contributed by atoms with E-state index in [1.54, 1.807) is 16.7 Å². The van der Waals surface area contributed by atoms with Crippen molar-refractivity contribution in [2.75, 3.05) is 0 Å². The van der Waals surface area contributed by atoms with E-state index in [1.807, 2.05) is 32.0 Å². The molecule has 1 aliphatic carbocycles. The Bertz CT molecular complexity index is 1110. The molecule has 3 aromatic rings. The Kier molecular flexibility index (Phi) is 3.83. The van der Waals surface area contributed by atoms with Gasteiger partial charge in [-0.1, -0.05) is 30.7 Å². The van der Waals surface area contributed by atoms with E-state index in [4.69, 9.17) is 0 Å². The SMILES string of the molecule is CCCn1c(=O)n(C2(c3ccc(F)cc3)CC2)c(=O)c2cc(C)ccc21. The summed E-state index contributed by atoms with van der Waals surface area (Å²) >= 11 is 0. The highest BCUT2D eigenvalue weighted by atomic mass is 19.1. The molecular weight excluding hydrogens is 331 g/mol. The van der Waals surface area contributed by atoms with Gasteiger partial charge in [0.1, 0.15) is 5.82 Å². The normalized spacial score (nSPS) is 15.3. The molecule has 0 aliphatic heterocycles. The zero-order chi connectivity index (χ0) is 18.5. The van der Waals surface area contributed by atoms with Crippen LogP contribution in [0.25, 0.3) is 10.9 Å². The van der Waals surface area contributed by atoms with Crippen LogP contribution in [0.5, 0.6) is 0 Å². The number of rotatable bonds is 4. The largest absolute Gasteiger partial charge is 0.332 e. The minimum atomic E-state index is -0.657. The average Bonchev–Trinajstić information content (AvgIpc) is 3.41. The summed E-state index contributed by atoms with van der Waals surface area (Å²) in [5.74, 6) is -0.325. The van der Waals surface area contributed by atoms with E-state index in [9.17, 15) is 14.0 Å². The maximum absolute atomic E-state index is 13.3. The minimum absolute atomic E-state index is 0.261. The van der Waals surface area contributed by atoms with Crippen LogP contribution in [0.1, 0.15) is 37.3 Å². The Labute approximate surface area is 150 Å². The van der Waals surface area contributed by atoms with E-state index in [-0.39, 0.29) is 17.1 Å². The van der Waals surface area contributed by atoms with Crippen LogP contribution in [-0.2, 0) is 12.1 Å². The first-order valence-electron chi connectivity index (χ1n) is 9.01. The van der Waals surface area contributed by atoms with E-state index >= 15 is 0 Å². The van der Waals surface area contributed by atoms with E-state index in [1.165, 1.54) is 16.7 Å². The predicted octanol–water partition coefficient (Wildman–Crippen LogP) is 3.56. The Morgan fingerprint density at radius 3 is 2.38 bits per heavy atom. The topological polar surface area (TPSA) is 44.0 Å². The molecule has 0 atom stereocenters. The van der Waals surface area contributed by atoms with Gasteiger partial charge >= 0.3 is 5.69 Å². The van der Waals surface area contributed by atoms with Crippen LogP contribution in [0.2, 0.25) is 0 Å². The summed E-state index contributed by atoms with van der Waals surface area (Å²) in [7, 11) is 0. The van der Waals surface area contributed by atoms with Crippen LogP contribution in [0.4, 0.5) is 4.39 Å². The molecule has 0 spiro atoms. The van der Waals surface area contributed by atoms with Gasteiger partial charge in [0.2, 0.25) is 0 Å². The first-order valence-corrected chi connectivity index (χ1v) is 9.01. The highest BCUT2D eigenvalue weighted by Crippen LogP contribution is 2.47. The smallest absolute Gasteiger partial charge is 0.293 e. The number of hydrogen-bond donors (Lipinski definition) is 0. The highest BCUT2D eigenvalue weighted by Gasteiger charge is 2.48. The summed E-state index contributed by atoms with van der Waals surface area (Å²) in [6.07, 6.45) is 2.21. The molecule has 1 aliphatic rings. The third-order valence-corrected chi connectivity index (χ3v) is 5.28. The summed E-state index contributed by atoms with van der Waals surface area (Å²) in [6, 6.07) is 11.8. The Hall–Kier alpha value is -2.69. The first kappa shape index (κ1) is 16.8. The lowest BCUT2D eigenvalue weighted by Crippen LogP contribution is -2.46. The fourth-order valence-corrected chi connectivity index (χ4v) is 3.82. The molecule has 0 saturated heterocycles. The second-order valence-corrected chi connectivity index (χ2v) is 7.13. The first-order chi connectivity index (χ1) is 12.5. The summed E-state index contributed by atoms with van der Waals surface area (Å²) < 4.78 is 16.4. The predicted molar refractivity (Wildman–Crippen MR) is 100 cm³/mol. The number of nitrogens with zero attached hydrogens (tertiary/aromatic N) is 2. The van der Waals surface area contributed by atoms with Crippen molar-refractivity contribution in [3.05, 3.63) is 80.2 Å². The second kappa shape index (κ2) is 5.94. The maximum atomic E-state index is 13.3. The van der Waals surface area contributed by atoms with E-state index in [0.29, 0.717) is 30.3 Å². The molecule has 1 heterocycles. The van der Waals surface area contributed by atoms with Crippen molar-refractivity contribution < 1.29 is 4.39 Å². The maximum Gasteiger partial charge on any atom is 0.332 e. The lowest BCUT2D eigenvalue weighted by atomic mass is 10.0. The van der Waals surface area contributed by atoms with Gasteiger partial charge in [0.15, 0.2) is 0 Å². The van der Waals surface area contributed by atoms with Crippen LogP contribution in [0.3, 0.4) is 0 Å². The summed E-state index contributed by atoms with van der Waals surface area (Å²) in [6.45, 7) is 4.50. The molecular formula is C21H21FN2O2. The summed E-state index contributed by atoms with van der Waals surface area (Å²) in [5.41, 5.74) is 1.27. The standard InChI is InChI=1S/C21H21FN2O2/c1-3-12-23-18-9-4-14(2)13-17(18)19(25)24(20(23)26)21(10-11-21)15-5-7-16(22)8-6-15/h4-9,13H,3,10-12H2,1-2H3. The van der Waals surface area contributed by atoms with E-state index in [2.05, 4.69) is 0 Å². The van der Waals surface area contributed by atoms with Gasteiger partial charge in [-0.3, -0.25) is 9.36 Å². The number of halogens is 1. The molecule has 134 valence electrons. The lowest BCUT2D eigenvalue weighted by molar-refractivity contribution is 0.491. The molecule has 1 aromatic heterocycles. The molecule has 1 fully saturated rings. The van der Waals surface area contributed by atoms with Crippen molar-refractivity contribution in [1.29, 1.82) is 0 Å². The average molecular weight is 352 g/mol. The van der Waals surface area contributed by atoms with Crippen LogP contribution >= 0.6 is 0 Å². The molecule has 0 bridgehead atoms. The monoisotopic (exact) mass is 352 g/mol. The molecule has 4 nitrogen and oxygen atoms in total. The van der Waals surface area contributed by atoms with Crippen molar-refractivity contribution in [3.63, 3.8) is 0 Å². The second-order valence-electron chi connectivity index (χ2n) is 7.13. The van der Waals surface area contributed by atoms with Crippen molar-refractivity contribution in [2.45, 2.75) is 45.2 Å². The van der Waals surface area contributed by atoms with Crippen LogP contribution in [0.15, 0.2) is 52.1 Å². The Morgan fingerprint density at radius 2 is 1.77 bits per heavy atom. The molecule has 26 heavy (non-hydrogen) atoms. The third-order valence-electron chi connectivity index (χ3n) is 5.28. The molecule has 1 saturated carbocycles. The molecule has 5 heteroatoms. The van der Waals surface area contributed by atoms with Gasteiger partial charge in [-0.15, -0.1) is 0 Å². The number of aromatic nitrogens is 2. The van der Waals surface area contributed by atoms with Crippen LogP contribution in [0, 0.1) is 12.7 Å². The van der Waals surface area contributed by atoms with Gasteiger partial charge in [0, 0.05) is 6.54 Å². The molecule has 4 rings (SSSR count). The van der Waals surface area contributed by atoms with Gasteiger partial charge in [-0.05, 0) is 56.0 Å². The highest BCUT2D eigenvalue weighted by molar-refractivity contribution is 5.79. The van der Waals surface area contributed by atoms with Gasteiger partial charge in [0.25, 0.3) is 5.56 Å². The van der Waals surface area contributed by atoms with Gasteiger partial charge in [-0.25, -0.2) is 13.8 Å². The molecule has 0 radical (unpaired) electrons. The zero-order valence-corrected chi connectivity index (χ0v) is 15.0. The quantitative estimate of drug-likeness (QED) is 0.721.